The molecule has 7 heteroatoms. The van der Waals surface area contributed by atoms with Crippen LogP contribution in [0.3, 0.4) is 0 Å². The maximum Gasteiger partial charge on any atom is 0.277 e. The molecule has 0 bridgehead atoms. The van der Waals surface area contributed by atoms with Crippen LogP contribution in [0.25, 0.3) is 11.5 Å². The number of benzene rings is 1. The lowest BCUT2D eigenvalue weighted by Gasteiger charge is -2.00. The van der Waals surface area contributed by atoms with Gasteiger partial charge < -0.3 is 8.83 Å². The van der Waals surface area contributed by atoms with Gasteiger partial charge in [-0.2, -0.15) is 0 Å². The summed E-state index contributed by atoms with van der Waals surface area (Å²) in [7, 11) is 0. The SMILES string of the molecule is Cc1occc1-c1nnc(SCc2ccc(Cl)c(Cl)c2)o1. The number of halogens is 2. The van der Waals surface area contributed by atoms with Crippen LogP contribution in [0, 0.1) is 6.92 Å². The molecule has 0 fully saturated rings. The van der Waals surface area contributed by atoms with Gasteiger partial charge in [-0.3, -0.25) is 0 Å². The first-order valence-corrected chi connectivity index (χ1v) is 7.82. The quantitative estimate of drug-likeness (QED) is 0.608. The maximum absolute atomic E-state index is 5.98. The summed E-state index contributed by atoms with van der Waals surface area (Å²) in [5.74, 6) is 1.88. The number of nitrogens with zero attached hydrogens (tertiary/aromatic N) is 2. The van der Waals surface area contributed by atoms with Gasteiger partial charge in [0.1, 0.15) is 5.76 Å². The van der Waals surface area contributed by atoms with Crippen LogP contribution in [0.5, 0.6) is 0 Å². The summed E-state index contributed by atoms with van der Waals surface area (Å²) < 4.78 is 10.8. The first-order valence-electron chi connectivity index (χ1n) is 6.08. The lowest BCUT2D eigenvalue weighted by atomic mass is 10.2. The molecular weight excluding hydrogens is 331 g/mol. The van der Waals surface area contributed by atoms with Crippen molar-refractivity contribution in [3.63, 3.8) is 0 Å². The summed E-state index contributed by atoms with van der Waals surface area (Å²) in [6.07, 6.45) is 1.59. The van der Waals surface area contributed by atoms with E-state index in [0.29, 0.717) is 26.9 Å². The highest BCUT2D eigenvalue weighted by Gasteiger charge is 2.13. The molecule has 0 N–H and O–H groups in total. The molecule has 0 aliphatic heterocycles. The Hall–Kier alpha value is -1.43. The van der Waals surface area contributed by atoms with E-state index in [1.165, 1.54) is 11.8 Å². The predicted molar refractivity (Wildman–Crippen MR) is 82.8 cm³/mol. The first kappa shape index (κ1) is 14.5. The molecule has 0 unspecified atom stereocenters. The van der Waals surface area contributed by atoms with Gasteiger partial charge in [0, 0.05) is 5.75 Å². The van der Waals surface area contributed by atoms with E-state index in [4.69, 9.17) is 32.0 Å². The Kier molecular flexibility index (Phi) is 4.24. The smallest absolute Gasteiger partial charge is 0.277 e. The number of aryl methyl sites for hydroxylation is 1. The van der Waals surface area contributed by atoms with E-state index in [1.54, 1.807) is 18.4 Å². The Balaban J connectivity index is 1.70. The number of aromatic nitrogens is 2. The standard InChI is InChI=1S/C14H10Cl2N2O2S/c1-8-10(4-5-19-8)13-17-18-14(20-13)21-7-9-2-3-11(15)12(16)6-9/h2-6H,7H2,1H3. The molecule has 0 saturated heterocycles. The Labute approximate surface area is 135 Å². The molecule has 108 valence electrons. The van der Waals surface area contributed by atoms with Crippen molar-refractivity contribution < 1.29 is 8.83 Å². The zero-order chi connectivity index (χ0) is 14.8. The van der Waals surface area contributed by atoms with Gasteiger partial charge in [-0.25, -0.2) is 0 Å². The molecule has 4 nitrogen and oxygen atoms in total. The zero-order valence-corrected chi connectivity index (χ0v) is 13.3. The summed E-state index contributed by atoms with van der Waals surface area (Å²) in [6.45, 7) is 1.85. The van der Waals surface area contributed by atoms with E-state index >= 15 is 0 Å². The third-order valence-corrected chi connectivity index (χ3v) is 4.47. The Morgan fingerprint density at radius 2 is 2.00 bits per heavy atom. The Morgan fingerprint density at radius 1 is 1.14 bits per heavy atom. The van der Waals surface area contributed by atoms with Crippen molar-refractivity contribution in [1.29, 1.82) is 0 Å². The second-order valence-corrected chi connectivity index (χ2v) is 6.04. The summed E-state index contributed by atoms with van der Waals surface area (Å²) in [5, 5.41) is 9.61. The molecule has 2 heterocycles. The van der Waals surface area contributed by atoms with Gasteiger partial charge in [-0.1, -0.05) is 41.0 Å². The van der Waals surface area contributed by atoms with Crippen molar-refractivity contribution in [2.24, 2.45) is 0 Å². The highest BCUT2D eigenvalue weighted by atomic mass is 35.5. The van der Waals surface area contributed by atoms with Crippen LogP contribution in [0.15, 0.2) is 44.6 Å². The van der Waals surface area contributed by atoms with E-state index in [-0.39, 0.29) is 0 Å². The van der Waals surface area contributed by atoms with Crippen molar-refractivity contribution in [3.05, 3.63) is 51.9 Å². The van der Waals surface area contributed by atoms with Gasteiger partial charge in [-0.15, -0.1) is 10.2 Å². The molecule has 1 aromatic carbocycles. The predicted octanol–water partition coefficient (Wildman–Crippen LogP) is 5.24. The maximum atomic E-state index is 5.98. The van der Waals surface area contributed by atoms with Crippen molar-refractivity contribution in [2.75, 3.05) is 0 Å². The minimum atomic E-state index is 0.456. The second kappa shape index (κ2) is 6.13. The third kappa shape index (κ3) is 3.26. The fourth-order valence-electron chi connectivity index (χ4n) is 1.76. The molecule has 3 aromatic rings. The summed E-state index contributed by atoms with van der Waals surface area (Å²) >= 11 is 13.3. The van der Waals surface area contributed by atoms with E-state index in [0.717, 1.165) is 16.9 Å². The lowest BCUT2D eigenvalue weighted by Crippen LogP contribution is -1.81. The topological polar surface area (TPSA) is 52.1 Å². The molecule has 3 rings (SSSR count). The molecule has 0 atom stereocenters. The summed E-state index contributed by atoms with van der Waals surface area (Å²) in [5.41, 5.74) is 1.84. The summed E-state index contributed by atoms with van der Waals surface area (Å²) in [6, 6.07) is 7.32. The molecule has 2 aromatic heterocycles. The number of thioether (sulfide) groups is 1. The van der Waals surface area contributed by atoms with Gasteiger partial charge in [-0.05, 0) is 30.7 Å². The minimum absolute atomic E-state index is 0.456. The van der Waals surface area contributed by atoms with E-state index in [9.17, 15) is 0 Å². The molecule has 0 aliphatic carbocycles. The number of hydrogen-bond donors (Lipinski definition) is 0. The minimum Gasteiger partial charge on any atom is -0.469 e. The normalized spacial score (nSPS) is 11.0. The van der Waals surface area contributed by atoms with Gasteiger partial charge in [0.25, 0.3) is 11.1 Å². The van der Waals surface area contributed by atoms with Crippen LogP contribution in [-0.2, 0) is 5.75 Å². The molecule has 21 heavy (non-hydrogen) atoms. The number of rotatable bonds is 4. The van der Waals surface area contributed by atoms with E-state index in [2.05, 4.69) is 10.2 Å². The molecule has 0 amide bonds. The number of furan rings is 1. The monoisotopic (exact) mass is 340 g/mol. The lowest BCUT2D eigenvalue weighted by molar-refractivity contribution is 0.463. The fourth-order valence-corrected chi connectivity index (χ4v) is 2.79. The Morgan fingerprint density at radius 3 is 2.71 bits per heavy atom. The van der Waals surface area contributed by atoms with Crippen LogP contribution in [-0.4, -0.2) is 10.2 Å². The highest BCUT2D eigenvalue weighted by Crippen LogP contribution is 2.29. The molecule has 0 saturated carbocycles. The summed E-state index contributed by atoms with van der Waals surface area (Å²) in [4.78, 5) is 0. The third-order valence-electron chi connectivity index (χ3n) is 2.84. The highest BCUT2D eigenvalue weighted by molar-refractivity contribution is 7.98. The zero-order valence-electron chi connectivity index (χ0n) is 11.0. The second-order valence-electron chi connectivity index (χ2n) is 4.30. The van der Waals surface area contributed by atoms with Gasteiger partial charge >= 0.3 is 0 Å². The van der Waals surface area contributed by atoms with Crippen molar-refractivity contribution >= 4 is 35.0 Å². The van der Waals surface area contributed by atoms with Gasteiger partial charge in [0.2, 0.25) is 0 Å². The van der Waals surface area contributed by atoms with Gasteiger partial charge in [0.15, 0.2) is 0 Å². The van der Waals surface area contributed by atoms with Crippen LogP contribution in [0.2, 0.25) is 10.0 Å². The van der Waals surface area contributed by atoms with Crippen LogP contribution in [0.4, 0.5) is 0 Å². The van der Waals surface area contributed by atoms with Crippen LogP contribution >= 0.6 is 35.0 Å². The molecule has 0 radical (unpaired) electrons. The van der Waals surface area contributed by atoms with Crippen molar-refractivity contribution in [1.82, 2.24) is 10.2 Å². The fraction of sp³-hybridized carbons (Fsp3) is 0.143. The average Bonchev–Trinajstić information content (AvgIpc) is 3.08. The molecular formula is C14H10Cl2N2O2S. The molecule has 0 aliphatic rings. The number of hydrogen-bond acceptors (Lipinski definition) is 5. The van der Waals surface area contributed by atoms with Crippen molar-refractivity contribution in [3.8, 4) is 11.5 Å². The van der Waals surface area contributed by atoms with E-state index < -0.39 is 0 Å². The van der Waals surface area contributed by atoms with Gasteiger partial charge in [0.05, 0.1) is 21.9 Å². The van der Waals surface area contributed by atoms with Crippen LogP contribution in [0.1, 0.15) is 11.3 Å². The van der Waals surface area contributed by atoms with Crippen molar-refractivity contribution in [2.45, 2.75) is 17.9 Å². The average molecular weight is 341 g/mol. The van der Waals surface area contributed by atoms with E-state index in [1.807, 2.05) is 19.1 Å². The first-order chi connectivity index (χ1) is 10.1. The largest absolute Gasteiger partial charge is 0.469 e. The van der Waals surface area contributed by atoms with Crippen LogP contribution < -0.4 is 0 Å². The Bertz CT molecular complexity index is 770. The molecule has 0 spiro atoms.